The van der Waals surface area contributed by atoms with Crippen molar-refractivity contribution in [1.82, 2.24) is 4.57 Å². The molecule has 3 amide bonds. The zero-order valence-electron chi connectivity index (χ0n) is 24.6. The van der Waals surface area contributed by atoms with Gasteiger partial charge in [-0.2, -0.15) is 0 Å². The van der Waals surface area contributed by atoms with E-state index in [0.717, 1.165) is 33.0 Å². The fourth-order valence-electron chi connectivity index (χ4n) is 8.31. The molecule has 10 heteroatoms. The molecule has 7 nitrogen and oxygen atoms in total. The van der Waals surface area contributed by atoms with Crippen LogP contribution in [0.3, 0.4) is 0 Å². The van der Waals surface area contributed by atoms with Crippen LogP contribution in [-0.2, 0) is 20.9 Å². The Balaban J connectivity index is 1.18. The van der Waals surface area contributed by atoms with E-state index in [4.69, 9.17) is 11.6 Å². The summed E-state index contributed by atoms with van der Waals surface area (Å²) in [7, 11) is 0. The largest absolute Gasteiger partial charge is 0.325 e. The van der Waals surface area contributed by atoms with Crippen molar-refractivity contribution in [2.24, 2.45) is 29.6 Å². The zero-order chi connectivity index (χ0) is 31.1. The highest BCUT2D eigenvalue weighted by atomic mass is 35.5. The zero-order valence-corrected chi connectivity index (χ0v) is 27.0. The molecule has 7 unspecified atom stereocenters. The van der Waals surface area contributed by atoms with E-state index in [0.29, 0.717) is 16.4 Å². The summed E-state index contributed by atoms with van der Waals surface area (Å²) >= 11 is 9.11. The van der Waals surface area contributed by atoms with E-state index >= 15 is 0 Å². The normalized spacial score (nSPS) is 27.8. The Kier molecular flexibility index (Phi) is 6.85. The summed E-state index contributed by atoms with van der Waals surface area (Å²) < 4.78 is 1.60. The molecule has 45 heavy (non-hydrogen) atoms. The Bertz CT molecular complexity index is 1940. The fourth-order valence-corrected chi connectivity index (χ4v) is 11.6. The van der Waals surface area contributed by atoms with Gasteiger partial charge in [-0.3, -0.25) is 28.6 Å². The molecule has 4 aliphatic rings. The van der Waals surface area contributed by atoms with Gasteiger partial charge in [0.05, 0.1) is 22.5 Å². The van der Waals surface area contributed by atoms with Gasteiger partial charge < -0.3 is 5.32 Å². The number of hydrogen-bond acceptors (Lipinski definition) is 6. The predicted octanol–water partition coefficient (Wildman–Crippen LogP) is 6.50. The number of halogens is 1. The van der Waals surface area contributed by atoms with Crippen molar-refractivity contribution in [3.63, 3.8) is 0 Å². The van der Waals surface area contributed by atoms with Gasteiger partial charge in [0.25, 0.3) is 0 Å². The van der Waals surface area contributed by atoms with Crippen molar-refractivity contribution in [2.75, 3.05) is 10.2 Å². The number of imide groups is 1. The van der Waals surface area contributed by atoms with Gasteiger partial charge in [0.15, 0.2) is 0 Å². The Morgan fingerprint density at radius 2 is 1.62 bits per heavy atom. The number of fused-ring (bicyclic) bond motifs is 9. The highest BCUT2D eigenvalue weighted by Gasteiger charge is 2.69. The first-order valence-electron chi connectivity index (χ1n) is 15.2. The highest BCUT2D eigenvalue weighted by molar-refractivity contribution is 8.00. The maximum Gasteiger partial charge on any atom is 0.308 e. The van der Waals surface area contributed by atoms with Gasteiger partial charge in [-0.25, -0.2) is 0 Å². The molecule has 2 bridgehead atoms. The van der Waals surface area contributed by atoms with Crippen LogP contribution in [-0.4, -0.2) is 27.5 Å². The molecule has 4 aromatic rings. The molecule has 3 heterocycles. The number of aryl methyl sites for hydroxylation is 2. The molecule has 2 aliphatic carbocycles. The van der Waals surface area contributed by atoms with E-state index in [9.17, 15) is 19.2 Å². The quantitative estimate of drug-likeness (QED) is 0.248. The number of aromatic nitrogens is 1. The molecule has 3 fully saturated rings. The molecule has 8 rings (SSSR count). The molecule has 0 radical (unpaired) electrons. The topological polar surface area (TPSA) is 88.5 Å². The highest BCUT2D eigenvalue weighted by Crippen LogP contribution is 2.69. The van der Waals surface area contributed by atoms with Gasteiger partial charge >= 0.3 is 4.87 Å². The summed E-state index contributed by atoms with van der Waals surface area (Å²) in [5, 5.41) is 4.38. The van der Waals surface area contributed by atoms with Crippen molar-refractivity contribution in [2.45, 2.75) is 43.0 Å². The second-order valence-electron chi connectivity index (χ2n) is 12.7. The van der Waals surface area contributed by atoms with Crippen LogP contribution < -0.4 is 15.1 Å². The Labute approximate surface area is 273 Å². The summed E-state index contributed by atoms with van der Waals surface area (Å²) in [6.07, 6.45) is 0.800. The minimum Gasteiger partial charge on any atom is -0.325 e. The number of nitrogens with one attached hydrogen (secondary N) is 1. The molecule has 3 aromatic carbocycles. The van der Waals surface area contributed by atoms with E-state index in [1.165, 1.54) is 16.2 Å². The minimum atomic E-state index is -0.381. The number of carbonyl (C=O) groups excluding carboxylic acids is 3. The van der Waals surface area contributed by atoms with Crippen molar-refractivity contribution in [3.8, 4) is 0 Å². The van der Waals surface area contributed by atoms with Gasteiger partial charge in [-0.1, -0.05) is 64.9 Å². The first-order valence-corrected chi connectivity index (χ1v) is 17.2. The molecule has 2 aliphatic heterocycles. The smallest absolute Gasteiger partial charge is 0.308 e. The summed E-state index contributed by atoms with van der Waals surface area (Å²) in [4.78, 5) is 56.9. The third-order valence-electron chi connectivity index (χ3n) is 10.1. The lowest BCUT2D eigenvalue weighted by Gasteiger charge is -2.43. The molecule has 1 aromatic heterocycles. The Morgan fingerprint density at radius 3 is 2.33 bits per heavy atom. The molecule has 1 saturated heterocycles. The maximum absolute atomic E-state index is 14.0. The molecule has 228 valence electrons. The third-order valence-corrected chi connectivity index (χ3v) is 13.1. The van der Waals surface area contributed by atoms with Crippen LogP contribution in [0.5, 0.6) is 0 Å². The number of nitrogens with zero attached hydrogens (tertiary/aromatic N) is 2. The molecular weight excluding hydrogens is 626 g/mol. The van der Waals surface area contributed by atoms with Crippen LogP contribution in [0.4, 0.5) is 11.4 Å². The lowest BCUT2D eigenvalue weighted by atomic mass is 9.68. The molecule has 7 atom stereocenters. The number of anilines is 2. The number of benzene rings is 3. The Hall–Kier alpha value is -3.66. The summed E-state index contributed by atoms with van der Waals surface area (Å²) in [5.74, 6) is -1.32. The average molecular weight is 656 g/mol. The predicted molar refractivity (Wildman–Crippen MR) is 177 cm³/mol. The van der Waals surface area contributed by atoms with E-state index in [1.54, 1.807) is 16.3 Å². The van der Waals surface area contributed by atoms with E-state index in [2.05, 4.69) is 5.32 Å². The number of hydrogen-bond donors (Lipinski definition) is 1. The second-order valence-corrected chi connectivity index (χ2v) is 15.3. The van der Waals surface area contributed by atoms with Crippen molar-refractivity contribution in [1.29, 1.82) is 0 Å². The average Bonchev–Trinajstić information content (AvgIpc) is 3.73. The van der Waals surface area contributed by atoms with Crippen LogP contribution in [0.2, 0.25) is 5.02 Å². The fraction of sp³-hybridized carbons (Fsp3) is 0.314. The molecular formula is C35H30ClN3O4S2. The first kappa shape index (κ1) is 28.8. The minimum absolute atomic E-state index is 0.00517. The SMILES string of the molecule is Cc1ccc(N2C(=O)C3C4CC(C3C2=O)C2C(c3ccc(Cl)cc3)c3sc(=O)n(CC(=O)Nc5cccc(C)c5)c3SC42)cc1. The van der Waals surface area contributed by atoms with Gasteiger partial charge in [-0.15, -0.1) is 11.8 Å². The van der Waals surface area contributed by atoms with Gasteiger partial charge in [-0.05, 0) is 85.5 Å². The Morgan fingerprint density at radius 1 is 0.911 bits per heavy atom. The third kappa shape index (κ3) is 4.54. The summed E-state index contributed by atoms with van der Waals surface area (Å²) in [5.41, 5.74) is 4.44. The van der Waals surface area contributed by atoms with E-state index < -0.39 is 0 Å². The van der Waals surface area contributed by atoms with Gasteiger partial charge in [0.2, 0.25) is 17.7 Å². The standard InChI is InChI=1S/C35H30ClN3O4S2/c1-17-6-12-22(13-7-17)39-32(41)28-23-15-24(29(28)33(39)42)30-27(23)26(19-8-10-20(36)11-9-19)31-34(44-30)38(35(43)45-31)16-25(40)37-21-5-3-4-18(2)14-21/h3-14,23-24,26-30H,15-16H2,1-2H3,(H,37,40). The van der Waals surface area contributed by atoms with E-state index in [-0.39, 0.29) is 69.9 Å². The lowest BCUT2D eigenvalue weighted by Crippen LogP contribution is -2.43. The van der Waals surface area contributed by atoms with Gasteiger partial charge in [0.1, 0.15) is 6.54 Å². The second kappa shape index (κ2) is 10.7. The van der Waals surface area contributed by atoms with Crippen molar-refractivity contribution < 1.29 is 14.4 Å². The lowest BCUT2D eigenvalue weighted by molar-refractivity contribution is -0.123. The molecule has 1 N–H and O–H groups in total. The molecule has 2 saturated carbocycles. The number of amides is 3. The van der Waals surface area contributed by atoms with Crippen LogP contribution in [0, 0.1) is 43.4 Å². The summed E-state index contributed by atoms with van der Waals surface area (Å²) in [6.45, 7) is 3.84. The number of carbonyl (C=O) groups is 3. The van der Waals surface area contributed by atoms with E-state index in [1.807, 2.05) is 86.6 Å². The first-order chi connectivity index (χ1) is 21.7. The number of thiazole rings is 1. The monoisotopic (exact) mass is 655 g/mol. The van der Waals surface area contributed by atoms with Crippen LogP contribution in [0.25, 0.3) is 0 Å². The number of thioether (sulfide) groups is 1. The maximum atomic E-state index is 14.0. The van der Waals surface area contributed by atoms with Gasteiger partial charge in [0, 0.05) is 26.8 Å². The van der Waals surface area contributed by atoms with Crippen molar-refractivity contribution in [3.05, 3.63) is 109 Å². The summed E-state index contributed by atoms with van der Waals surface area (Å²) in [6, 6.07) is 22.9. The molecule has 0 spiro atoms. The van der Waals surface area contributed by atoms with Crippen molar-refractivity contribution >= 4 is 63.8 Å². The van der Waals surface area contributed by atoms with Crippen LogP contribution in [0.15, 0.2) is 82.6 Å². The number of rotatable bonds is 5. The van der Waals surface area contributed by atoms with Crippen LogP contribution in [0.1, 0.15) is 33.9 Å². The van der Waals surface area contributed by atoms with Crippen LogP contribution >= 0.6 is 34.7 Å².